The number of fused-ring (bicyclic) bond motifs is 1. The average Bonchev–Trinajstić information content (AvgIpc) is 2.55. The Morgan fingerprint density at radius 3 is 2.57 bits per heavy atom. The van der Waals surface area contributed by atoms with E-state index in [1.54, 1.807) is 0 Å². The number of anilines is 2. The lowest BCUT2D eigenvalue weighted by atomic mass is 10.2. The molecule has 0 spiro atoms. The summed E-state index contributed by atoms with van der Waals surface area (Å²) < 4.78 is 67.0. The van der Waals surface area contributed by atoms with Crippen LogP contribution >= 0.6 is 0 Å². The quantitative estimate of drug-likeness (QED) is 0.764. The van der Waals surface area contributed by atoms with E-state index in [0.717, 1.165) is 0 Å². The molecule has 1 aliphatic rings. The summed E-state index contributed by atoms with van der Waals surface area (Å²) in [6.45, 7) is -2.45. The van der Waals surface area contributed by atoms with Gasteiger partial charge in [0.25, 0.3) is 0 Å². The molecule has 0 saturated carbocycles. The summed E-state index contributed by atoms with van der Waals surface area (Å²) in [5.41, 5.74) is 4.80. The van der Waals surface area contributed by atoms with E-state index in [9.17, 15) is 31.5 Å². The SMILES string of the molecule is N[C@H]1CN(C(=O)OCC(F)(F)F)c2cc(F)c(F)cc2NC1=O. The predicted octanol–water partition coefficient (Wildman–Crippen LogP) is 1.75. The molecule has 1 atom stereocenters. The molecule has 0 bridgehead atoms. The Kier molecular flexibility index (Phi) is 4.41. The number of carbonyl (C=O) groups excluding carboxylic acids is 2. The lowest BCUT2D eigenvalue weighted by Gasteiger charge is -2.23. The van der Waals surface area contributed by atoms with Crippen LogP contribution in [0, 0.1) is 11.6 Å². The van der Waals surface area contributed by atoms with Gasteiger partial charge >= 0.3 is 12.3 Å². The summed E-state index contributed by atoms with van der Waals surface area (Å²) in [4.78, 5) is 24.0. The lowest BCUT2D eigenvalue weighted by molar-refractivity contribution is -0.159. The van der Waals surface area contributed by atoms with E-state index in [1.807, 2.05) is 0 Å². The number of benzene rings is 1. The Balaban J connectivity index is 2.37. The molecule has 0 fully saturated rings. The van der Waals surface area contributed by atoms with Crippen LogP contribution in [-0.2, 0) is 9.53 Å². The second kappa shape index (κ2) is 5.99. The second-order valence-electron chi connectivity index (χ2n) is 4.66. The first-order chi connectivity index (χ1) is 10.6. The van der Waals surface area contributed by atoms with Gasteiger partial charge in [-0.25, -0.2) is 13.6 Å². The van der Waals surface area contributed by atoms with Crippen LogP contribution in [0.2, 0.25) is 0 Å². The Labute approximate surface area is 126 Å². The van der Waals surface area contributed by atoms with Gasteiger partial charge in [0.05, 0.1) is 17.9 Å². The third-order valence-corrected chi connectivity index (χ3v) is 2.88. The van der Waals surface area contributed by atoms with Gasteiger partial charge in [0.1, 0.15) is 6.04 Å². The van der Waals surface area contributed by atoms with E-state index in [-0.39, 0.29) is 11.4 Å². The number of halogens is 5. The largest absolute Gasteiger partial charge is 0.439 e. The van der Waals surface area contributed by atoms with E-state index >= 15 is 0 Å². The molecule has 126 valence electrons. The van der Waals surface area contributed by atoms with Crippen molar-refractivity contribution in [2.75, 3.05) is 23.4 Å². The van der Waals surface area contributed by atoms with Gasteiger partial charge < -0.3 is 15.8 Å². The molecule has 1 aliphatic heterocycles. The minimum atomic E-state index is -4.77. The van der Waals surface area contributed by atoms with E-state index in [1.165, 1.54) is 0 Å². The summed E-state index contributed by atoms with van der Waals surface area (Å²) in [6.07, 6.45) is -6.27. The summed E-state index contributed by atoms with van der Waals surface area (Å²) in [5.74, 6) is -3.49. The van der Waals surface area contributed by atoms with Crippen molar-refractivity contribution < 1.29 is 36.3 Å². The Morgan fingerprint density at radius 1 is 1.35 bits per heavy atom. The zero-order valence-electron chi connectivity index (χ0n) is 11.3. The van der Waals surface area contributed by atoms with Gasteiger partial charge in [-0.2, -0.15) is 13.2 Å². The van der Waals surface area contributed by atoms with Gasteiger partial charge in [-0.05, 0) is 0 Å². The minimum absolute atomic E-state index is 0.314. The molecule has 0 saturated heterocycles. The monoisotopic (exact) mass is 339 g/mol. The van der Waals surface area contributed by atoms with Crippen molar-refractivity contribution in [3.63, 3.8) is 0 Å². The predicted molar refractivity (Wildman–Crippen MR) is 67.7 cm³/mol. The van der Waals surface area contributed by atoms with Crippen LogP contribution in [0.5, 0.6) is 0 Å². The van der Waals surface area contributed by atoms with Crippen LogP contribution < -0.4 is 16.0 Å². The zero-order valence-corrected chi connectivity index (χ0v) is 11.3. The van der Waals surface area contributed by atoms with Crippen LogP contribution in [0.25, 0.3) is 0 Å². The van der Waals surface area contributed by atoms with E-state index in [4.69, 9.17) is 5.73 Å². The van der Waals surface area contributed by atoms with E-state index < -0.39 is 49.0 Å². The number of ether oxygens (including phenoxy) is 1. The maximum atomic E-state index is 13.4. The summed E-state index contributed by atoms with van der Waals surface area (Å²) in [7, 11) is 0. The fourth-order valence-electron chi connectivity index (χ4n) is 1.86. The number of nitrogens with two attached hydrogens (primary N) is 1. The van der Waals surface area contributed by atoms with Crippen LogP contribution in [-0.4, -0.2) is 37.4 Å². The van der Waals surface area contributed by atoms with E-state index in [0.29, 0.717) is 17.0 Å². The molecular weight excluding hydrogens is 329 g/mol. The van der Waals surface area contributed by atoms with Crippen molar-refractivity contribution in [1.82, 2.24) is 0 Å². The highest BCUT2D eigenvalue weighted by Gasteiger charge is 2.34. The summed E-state index contributed by atoms with van der Waals surface area (Å²) >= 11 is 0. The highest BCUT2D eigenvalue weighted by Crippen LogP contribution is 2.31. The lowest BCUT2D eigenvalue weighted by Crippen LogP contribution is -2.45. The molecule has 0 aliphatic carbocycles. The van der Waals surface area contributed by atoms with Crippen molar-refractivity contribution in [1.29, 1.82) is 0 Å². The average molecular weight is 339 g/mol. The van der Waals surface area contributed by atoms with Crippen molar-refractivity contribution >= 4 is 23.4 Å². The fourth-order valence-corrected chi connectivity index (χ4v) is 1.86. The van der Waals surface area contributed by atoms with Crippen LogP contribution in [0.15, 0.2) is 12.1 Å². The first-order valence-electron chi connectivity index (χ1n) is 6.15. The van der Waals surface area contributed by atoms with Gasteiger partial charge in [-0.3, -0.25) is 9.69 Å². The molecule has 1 heterocycles. The molecule has 1 aromatic carbocycles. The number of nitrogens with zero attached hydrogens (tertiary/aromatic N) is 1. The minimum Gasteiger partial charge on any atom is -0.439 e. The number of hydrogen-bond donors (Lipinski definition) is 2. The Hall–Kier alpha value is -2.43. The van der Waals surface area contributed by atoms with Gasteiger partial charge in [-0.15, -0.1) is 0 Å². The molecule has 0 radical (unpaired) electrons. The van der Waals surface area contributed by atoms with Gasteiger partial charge in [0.15, 0.2) is 18.2 Å². The first-order valence-corrected chi connectivity index (χ1v) is 6.15. The van der Waals surface area contributed by atoms with Crippen LogP contribution in [0.1, 0.15) is 0 Å². The highest BCUT2D eigenvalue weighted by molar-refractivity contribution is 6.04. The van der Waals surface area contributed by atoms with Crippen molar-refractivity contribution in [2.24, 2.45) is 5.73 Å². The zero-order chi connectivity index (χ0) is 17.4. The second-order valence-corrected chi connectivity index (χ2v) is 4.66. The molecule has 2 rings (SSSR count). The normalized spacial score (nSPS) is 18.1. The molecule has 2 amide bonds. The maximum Gasteiger partial charge on any atom is 0.422 e. The number of amides is 2. The molecule has 1 aromatic rings. The third kappa shape index (κ3) is 3.86. The molecule has 23 heavy (non-hydrogen) atoms. The van der Waals surface area contributed by atoms with Crippen LogP contribution in [0.3, 0.4) is 0 Å². The molecule has 11 heteroatoms. The molecule has 0 aromatic heterocycles. The maximum absolute atomic E-state index is 13.4. The number of carbonyl (C=O) groups is 2. The highest BCUT2D eigenvalue weighted by atomic mass is 19.4. The van der Waals surface area contributed by atoms with Gasteiger partial charge in [0.2, 0.25) is 5.91 Å². The summed E-state index contributed by atoms with van der Waals surface area (Å²) in [5, 5.41) is 2.16. The number of hydrogen-bond acceptors (Lipinski definition) is 4. The number of nitrogens with one attached hydrogen (secondary N) is 1. The Bertz CT molecular complexity index is 650. The Morgan fingerprint density at radius 2 is 1.96 bits per heavy atom. The first kappa shape index (κ1) is 16.9. The third-order valence-electron chi connectivity index (χ3n) is 2.88. The van der Waals surface area contributed by atoms with Crippen LogP contribution in [0.4, 0.5) is 38.1 Å². The van der Waals surface area contributed by atoms with Crippen molar-refractivity contribution in [2.45, 2.75) is 12.2 Å². The summed E-state index contributed by atoms with van der Waals surface area (Å²) in [6, 6.07) is -0.186. The standard InChI is InChI=1S/C12H10F5N3O3/c13-5-1-8-9(2-6(5)14)20(3-7(18)10(21)19-8)11(22)23-4-12(15,16)17/h1-2,7H,3-4,18H2,(H,19,21)/t7-/m0/s1. The molecule has 6 nitrogen and oxygen atoms in total. The molecule has 0 unspecified atom stereocenters. The number of rotatable bonds is 1. The van der Waals surface area contributed by atoms with E-state index in [2.05, 4.69) is 10.1 Å². The van der Waals surface area contributed by atoms with Gasteiger partial charge in [0, 0.05) is 12.1 Å². The topological polar surface area (TPSA) is 84.7 Å². The molecular formula is C12H10F5N3O3. The van der Waals surface area contributed by atoms with Gasteiger partial charge in [-0.1, -0.05) is 0 Å². The van der Waals surface area contributed by atoms with Crippen molar-refractivity contribution in [3.05, 3.63) is 23.8 Å². The smallest absolute Gasteiger partial charge is 0.422 e. The van der Waals surface area contributed by atoms with Crippen molar-refractivity contribution in [3.8, 4) is 0 Å². The molecule has 3 N–H and O–H groups in total. The number of alkyl halides is 3. The fraction of sp³-hybridized carbons (Fsp3) is 0.333.